The van der Waals surface area contributed by atoms with Gasteiger partial charge in [0.15, 0.2) is 5.82 Å². The van der Waals surface area contributed by atoms with Crippen LogP contribution in [0.5, 0.6) is 5.75 Å². The molecule has 2 bridgehead atoms. The van der Waals surface area contributed by atoms with Crippen molar-refractivity contribution in [3.05, 3.63) is 54.1 Å². The van der Waals surface area contributed by atoms with Crippen molar-refractivity contribution in [2.75, 3.05) is 13.7 Å². The molecular weight excluding hydrogens is 570 g/mol. The largest absolute Gasteiger partial charge is 0.494 e. The number of fused-ring (bicyclic) bond motifs is 4. The zero-order valence-corrected chi connectivity index (χ0v) is 25.3. The van der Waals surface area contributed by atoms with E-state index in [9.17, 15) is 9.59 Å². The topological polar surface area (TPSA) is 160 Å². The number of ether oxygens (including phenoxy) is 1. The van der Waals surface area contributed by atoms with Crippen molar-refractivity contribution in [2.45, 2.75) is 50.7 Å². The Morgan fingerprint density at radius 3 is 2.51 bits per heavy atom. The van der Waals surface area contributed by atoms with E-state index < -0.39 is 5.91 Å². The molecule has 2 unspecified atom stereocenters. The molecule has 2 aliphatic carbocycles. The highest BCUT2D eigenvalue weighted by Crippen LogP contribution is 2.40. The van der Waals surface area contributed by atoms with Gasteiger partial charge in [-0.15, -0.1) is 0 Å². The second-order valence-corrected chi connectivity index (χ2v) is 12.7. The molecule has 0 radical (unpaired) electrons. The molecule has 1 saturated heterocycles. The summed E-state index contributed by atoms with van der Waals surface area (Å²) in [5.74, 6) is 2.23. The summed E-state index contributed by atoms with van der Waals surface area (Å²) in [6.07, 6.45) is 7.74. The van der Waals surface area contributed by atoms with Gasteiger partial charge in [-0.05, 0) is 67.9 Å². The first kappa shape index (κ1) is 27.7. The van der Waals surface area contributed by atoms with Crippen LogP contribution < -0.4 is 16.2 Å². The summed E-state index contributed by atoms with van der Waals surface area (Å²) in [6, 6.07) is 9.99. The van der Waals surface area contributed by atoms with Crippen molar-refractivity contribution in [2.24, 2.45) is 30.4 Å². The number of hydrogen-bond donors (Lipinski definition) is 2. The Balaban J connectivity index is 1.20. The minimum Gasteiger partial charge on any atom is -0.494 e. The number of carbonyl (C=O) groups excluding carboxylic acids is 2. The normalized spacial score (nSPS) is 20.9. The third-order valence-electron chi connectivity index (χ3n) is 9.76. The Labute approximate surface area is 259 Å². The highest BCUT2D eigenvalue weighted by atomic mass is 16.5. The van der Waals surface area contributed by atoms with Gasteiger partial charge in [-0.2, -0.15) is 0 Å². The lowest BCUT2D eigenvalue weighted by molar-refractivity contribution is -0.117. The van der Waals surface area contributed by atoms with Crippen LogP contribution in [0, 0.1) is 11.8 Å². The molecule has 4 N–H and O–H groups in total. The van der Waals surface area contributed by atoms with Crippen LogP contribution in [-0.4, -0.2) is 71.5 Å². The lowest BCUT2D eigenvalue weighted by atomic mass is 10.1. The van der Waals surface area contributed by atoms with Gasteiger partial charge in [-0.25, -0.2) is 19.9 Å². The molecule has 3 aliphatic rings. The Morgan fingerprint density at radius 1 is 1.04 bits per heavy atom. The number of methoxy groups -OCH3 is 1. The van der Waals surface area contributed by atoms with Crippen molar-refractivity contribution in [3.8, 4) is 28.5 Å². The van der Waals surface area contributed by atoms with Crippen LogP contribution in [0.25, 0.3) is 44.8 Å². The van der Waals surface area contributed by atoms with Gasteiger partial charge in [-0.3, -0.25) is 9.59 Å². The molecular formula is C33H35N9O3. The summed E-state index contributed by atoms with van der Waals surface area (Å²) in [7, 11) is 3.61. The van der Waals surface area contributed by atoms with Gasteiger partial charge in [0.05, 0.1) is 30.4 Å². The molecule has 2 amide bonds. The van der Waals surface area contributed by atoms with Gasteiger partial charge in [0, 0.05) is 61.1 Å². The summed E-state index contributed by atoms with van der Waals surface area (Å²) < 4.78 is 10.1. The lowest BCUT2D eigenvalue weighted by Gasteiger charge is -2.27. The minimum absolute atomic E-state index is 0.00773. The number of rotatable bonds is 8. The zero-order chi connectivity index (χ0) is 31.0. The van der Waals surface area contributed by atoms with E-state index in [1.807, 2.05) is 34.7 Å². The fourth-order valence-electron chi connectivity index (χ4n) is 7.22. The molecule has 3 fully saturated rings. The van der Waals surface area contributed by atoms with E-state index in [2.05, 4.69) is 26.7 Å². The van der Waals surface area contributed by atoms with Crippen LogP contribution in [0.15, 0.2) is 42.7 Å². The lowest BCUT2D eigenvalue weighted by Crippen LogP contribution is -2.41. The van der Waals surface area contributed by atoms with Crippen molar-refractivity contribution in [3.63, 3.8) is 0 Å². The maximum atomic E-state index is 13.7. The Bertz CT molecular complexity index is 1990. The summed E-state index contributed by atoms with van der Waals surface area (Å²) in [5.41, 5.74) is 17.1. The number of aryl methyl sites for hydroxylation is 1. The summed E-state index contributed by atoms with van der Waals surface area (Å²) in [5, 5.41) is 0.996. The first-order valence-electron chi connectivity index (χ1n) is 15.5. The van der Waals surface area contributed by atoms with E-state index in [0.717, 1.165) is 58.7 Å². The molecule has 45 heavy (non-hydrogen) atoms. The maximum Gasteiger partial charge on any atom is 0.254 e. The predicted octanol–water partition coefficient (Wildman–Crippen LogP) is 3.06. The Hall–Kier alpha value is -4.84. The van der Waals surface area contributed by atoms with Crippen LogP contribution in [0.2, 0.25) is 0 Å². The summed E-state index contributed by atoms with van der Waals surface area (Å²) in [4.78, 5) is 45.7. The number of amides is 2. The molecule has 12 nitrogen and oxygen atoms in total. The molecule has 1 aliphatic heterocycles. The number of piperidine rings is 1. The Morgan fingerprint density at radius 2 is 1.84 bits per heavy atom. The van der Waals surface area contributed by atoms with E-state index in [1.54, 1.807) is 19.5 Å². The summed E-state index contributed by atoms with van der Waals surface area (Å²) in [6.45, 7) is 1.53. The number of benzene rings is 1. The average molecular weight is 606 g/mol. The monoisotopic (exact) mass is 605 g/mol. The minimum atomic E-state index is -0.474. The molecule has 2 saturated carbocycles. The van der Waals surface area contributed by atoms with E-state index in [4.69, 9.17) is 26.2 Å². The number of hydrogen-bond acceptors (Lipinski definition) is 8. The molecule has 5 heterocycles. The van der Waals surface area contributed by atoms with Crippen LogP contribution in [-0.2, 0) is 24.8 Å². The number of carbonyl (C=O) groups is 2. The van der Waals surface area contributed by atoms with Gasteiger partial charge in [0.2, 0.25) is 5.91 Å². The quantitative estimate of drug-likeness (QED) is 0.273. The Kier molecular flexibility index (Phi) is 6.38. The standard InChI is InChI=1S/C33H35N9O3/c1-40-30-23(9-20(11-26(30)45-2)33(44)42-16-19-6-8-24(42)29(19)35)39-32(40)25-10-18-5-7-22(38-31(18)41(25)15-17-3-4-17)21-13-36-28(37-14-21)12-27(34)43/h5,7,9-11,13-14,17,19,24,29H,3-4,6,8,12,15-16,35H2,1-2H3,(H2,34,43)/t19?,24?,29-/m1/s1. The fraction of sp³-hybridized carbons (Fsp3) is 0.394. The second kappa shape index (κ2) is 10.4. The molecule has 0 spiro atoms. The molecule has 5 aromatic rings. The molecule has 4 aromatic heterocycles. The molecule has 12 heteroatoms. The maximum absolute atomic E-state index is 13.7. The highest BCUT2D eigenvalue weighted by Gasteiger charge is 2.47. The zero-order valence-electron chi connectivity index (χ0n) is 25.3. The third-order valence-corrected chi connectivity index (χ3v) is 9.76. The van der Waals surface area contributed by atoms with Crippen LogP contribution in [0.1, 0.15) is 41.9 Å². The van der Waals surface area contributed by atoms with E-state index >= 15 is 0 Å². The predicted molar refractivity (Wildman–Crippen MR) is 168 cm³/mol. The van der Waals surface area contributed by atoms with Crippen molar-refractivity contribution in [1.29, 1.82) is 0 Å². The fourth-order valence-corrected chi connectivity index (χ4v) is 7.22. The van der Waals surface area contributed by atoms with Gasteiger partial charge in [0.25, 0.3) is 5.91 Å². The van der Waals surface area contributed by atoms with Crippen molar-refractivity contribution >= 4 is 33.9 Å². The molecule has 230 valence electrons. The van der Waals surface area contributed by atoms with Crippen molar-refractivity contribution in [1.82, 2.24) is 34.0 Å². The second-order valence-electron chi connectivity index (χ2n) is 12.7. The SMILES string of the molecule is COc1cc(C(=O)N2CC3CCC2[C@@H]3N)cc2nc(-c3cc4ccc(-c5cnc(CC(N)=O)nc5)nc4n3CC3CC3)n(C)c12. The number of pyridine rings is 1. The highest BCUT2D eigenvalue weighted by molar-refractivity contribution is 6.00. The summed E-state index contributed by atoms with van der Waals surface area (Å²) >= 11 is 0. The number of primary amides is 1. The van der Waals surface area contributed by atoms with Gasteiger partial charge in [0.1, 0.15) is 22.7 Å². The number of likely N-dealkylation sites (tertiary alicyclic amines) is 1. The number of nitrogens with two attached hydrogens (primary N) is 2. The van der Waals surface area contributed by atoms with Crippen LogP contribution in [0.3, 0.4) is 0 Å². The van der Waals surface area contributed by atoms with Gasteiger partial charge < -0.3 is 30.2 Å². The van der Waals surface area contributed by atoms with E-state index in [1.165, 1.54) is 12.8 Å². The van der Waals surface area contributed by atoms with Gasteiger partial charge >= 0.3 is 0 Å². The first-order chi connectivity index (χ1) is 21.8. The number of nitrogens with zero attached hydrogens (tertiary/aromatic N) is 7. The van der Waals surface area contributed by atoms with Gasteiger partial charge in [-0.1, -0.05) is 0 Å². The average Bonchev–Trinajstić information content (AvgIpc) is 3.44. The van der Waals surface area contributed by atoms with E-state index in [-0.39, 0.29) is 24.4 Å². The van der Waals surface area contributed by atoms with Crippen molar-refractivity contribution < 1.29 is 14.3 Å². The molecule has 1 aromatic carbocycles. The molecule has 3 atom stereocenters. The smallest absolute Gasteiger partial charge is 0.254 e. The molecule has 8 rings (SSSR count). The number of imidazole rings is 1. The van der Waals surface area contributed by atoms with Crippen LogP contribution in [0.4, 0.5) is 0 Å². The van der Waals surface area contributed by atoms with E-state index in [0.29, 0.717) is 41.0 Å². The number of aromatic nitrogens is 6. The first-order valence-corrected chi connectivity index (χ1v) is 15.5. The van der Waals surface area contributed by atoms with Crippen LogP contribution >= 0.6 is 0 Å². The third kappa shape index (κ3) is 4.62.